The van der Waals surface area contributed by atoms with Gasteiger partial charge in [0.25, 0.3) is 5.91 Å². The molecule has 1 amide bonds. The number of carbonyl (C=O) groups is 1. The van der Waals surface area contributed by atoms with E-state index in [4.69, 9.17) is 0 Å². The van der Waals surface area contributed by atoms with Crippen LogP contribution in [-0.4, -0.2) is 34.9 Å². The molecule has 0 fully saturated rings. The monoisotopic (exact) mass is 439 g/mol. The third-order valence-electron chi connectivity index (χ3n) is 4.33. The Balaban J connectivity index is 1.69. The van der Waals surface area contributed by atoms with Crippen molar-refractivity contribution in [2.75, 3.05) is 16.3 Å². The van der Waals surface area contributed by atoms with E-state index in [1.165, 1.54) is 29.1 Å². The van der Waals surface area contributed by atoms with Crippen molar-refractivity contribution in [1.29, 1.82) is 0 Å². The molecule has 0 unspecified atom stereocenters. The molecule has 4 rings (SSSR count). The van der Waals surface area contributed by atoms with Crippen molar-refractivity contribution in [1.82, 2.24) is 14.3 Å². The van der Waals surface area contributed by atoms with Crippen LogP contribution < -0.4 is 10.0 Å². The number of hydrogen-bond donors (Lipinski definition) is 2. The van der Waals surface area contributed by atoms with Gasteiger partial charge in [0, 0.05) is 18.1 Å². The molecule has 2 aromatic carbocycles. The molecule has 0 atom stereocenters. The lowest BCUT2D eigenvalue weighted by Gasteiger charge is -2.12. The van der Waals surface area contributed by atoms with E-state index in [1.54, 1.807) is 47.3 Å². The molecule has 0 radical (unpaired) electrons. The van der Waals surface area contributed by atoms with Crippen LogP contribution >= 0.6 is 0 Å². The fourth-order valence-corrected chi connectivity index (χ4v) is 3.63. The van der Waals surface area contributed by atoms with Gasteiger partial charge in [-0.15, -0.1) is 0 Å². The number of nitrogens with one attached hydrogen (secondary N) is 2. The molecule has 2 heterocycles. The molecule has 31 heavy (non-hydrogen) atoms. The van der Waals surface area contributed by atoms with E-state index >= 15 is 0 Å². The Bertz CT molecular complexity index is 1330. The number of rotatable bonds is 6. The standard InChI is InChI=1S/C21H18FN5O3S/c1-31(29,30)25-17-6-4-5-16(13-17)24-20(28)19-14-23-27(18-9-7-15(22)8-10-18)21(19)26-11-2-3-12-26/h2-14,25H,1H3,(H,24,28). The van der Waals surface area contributed by atoms with Gasteiger partial charge in [0.05, 0.1) is 23.8 Å². The van der Waals surface area contributed by atoms with Gasteiger partial charge in [0.15, 0.2) is 5.82 Å². The maximum atomic E-state index is 13.3. The van der Waals surface area contributed by atoms with Crippen LogP contribution in [0.5, 0.6) is 0 Å². The van der Waals surface area contributed by atoms with Gasteiger partial charge in [-0.1, -0.05) is 6.07 Å². The Morgan fingerprint density at radius 2 is 1.68 bits per heavy atom. The molecule has 0 saturated carbocycles. The molecule has 10 heteroatoms. The molecular weight excluding hydrogens is 421 g/mol. The molecule has 2 aromatic heterocycles. The van der Waals surface area contributed by atoms with Gasteiger partial charge in [-0.3, -0.25) is 9.52 Å². The number of carbonyl (C=O) groups excluding carboxylic acids is 1. The van der Waals surface area contributed by atoms with Gasteiger partial charge in [-0.05, 0) is 54.6 Å². The topological polar surface area (TPSA) is 98.0 Å². The second kappa shape index (κ2) is 8.07. The third kappa shape index (κ3) is 4.64. The van der Waals surface area contributed by atoms with Gasteiger partial charge in [0.2, 0.25) is 10.0 Å². The molecule has 0 saturated heterocycles. The Kier molecular flexibility index (Phi) is 5.30. The highest BCUT2D eigenvalue weighted by Gasteiger charge is 2.20. The van der Waals surface area contributed by atoms with E-state index in [2.05, 4.69) is 15.1 Å². The Hall–Kier alpha value is -3.92. The maximum Gasteiger partial charge on any atom is 0.261 e. The Morgan fingerprint density at radius 1 is 1.00 bits per heavy atom. The maximum absolute atomic E-state index is 13.3. The van der Waals surface area contributed by atoms with Crippen molar-refractivity contribution in [2.24, 2.45) is 0 Å². The molecule has 0 aliphatic carbocycles. The summed E-state index contributed by atoms with van der Waals surface area (Å²) in [6.45, 7) is 0. The predicted octanol–water partition coefficient (Wildman–Crippen LogP) is 3.43. The second-order valence-electron chi connectivity index (χ2n) is 6.77. The fraction of sp³-hybridized carbons (Fsp3) is 0.0476. The zero-order chi connectivity index (χ0) is 22.0. The minimum absolute atomic E-state index is 0.280. The minimum atomic E-state index is -3.45. The van der Waals surface area contributed by atoms with Crippen molar-refractivity contribution in [3.8, 4) is 11.5 Å². The molecule has 4 aromatic rings. The molecular formula is C21H18FN5O3S. The van der Waals surface area contributed by atoms with E-state index in [-0.39, 0.29) is 11.4 Å². The van der Waals surface area contributed by atoms with Gasteiger partial charge in [-0.25, -0.2) is 17.5 Å². The summed E-state index contributed by atoms with van der Waals surface area (Å²) in [7, 11) is -3.45. The van der Waals surface area contributed by atoms with E-state index in [0.717, 1.165) is 6.26 Å². The zero-order valence-corrected chi connectivity index (χ0v) is 17.2. The first kappa shape index (κ1) is 20.4. The SMILES string of the molecule is CS(=O)(=O)Nc1cccc(NC(=O)c2cnn(-c3ccc(F)cc3)c2-n2cccc2)c1. The summed E-state index contributed by atoms with van der Waals surface area (Å²) in [5, 5.41) is 7.08. The van der Waals surface area contributed by atoms with Gasteiger partial charge in [-0.2, -0.15) is 5.10 Å². The average Bonchev–Trinajstić information content (AvgIpc) is 3.37. The second-order valence-corrected chi connectivity index (χ2v) is 8.52. The number of nitrogens with zero attached hydrogens (tertiary/aromatic N) is 3. The van der Waals surface area contributed by atoms with Crippen LogP contribution in [0.3, 0.4) is 0 Å². The first-order valence-electron chi connectivity index (χ1n) is 9.17. The predicted molar refractivity (Wildman–Crippen MR) is 116 cm³/mol. The van der Waals surface area contributed by atoms with Gasteiger partial charge in [0.1, 0.15) is 11.4 Å². The third-order valence-corrected chi connectivity index (χ3v) is 4.94. The molecule has 0 aliphatic rings. The average molecular weight is 439 g/mol. The number of halogens is 1. The summed E-state index contributed by atoms with van der Waals surface area (Å²) < 4.78 is 41.9. The highest BCUT2D eigenvalue weighted by Crippen LogP contribution is 2.22. The molecule has 0 bridgehead atoms. The van der Waals surface area contributed by atoms with Crippen LogP contribution in [0.4, 0.5) is 15.8 Å². The van der Waals surface area contributed by atoms with Crippen LogP contribution in [0.25, 0.3) is 11.5 Å². The van der Waals surface area contributed by atoms with Crippen LogP contribution in [-0.2, 0) is 10.0 Å². The van der Waals surface area contributed by atoms with E-state index in [9.17, 15) is 17.6 Å². The fourth-order valence-electron chi connectivity index (χ4n) is 3.07. The first-order valence-corrected chi connectivity index (χ1v) is 11.1. The first-order chi connectivity index (χ1) is 14.8. The number of aromatic nitrogens is 3. The summed E-state index contributed by atoms with van der Waals surface area (Å²) in [4.78, 5) is 13.0. The summed E-state index contributed by atoms with van der Waals surface area (Å²) in [5.41, 5.74) is 1.60. The molecule has 0 spiro atoms. The number of benzene rings is 2. The number of anilines is 2. The molecule has 8 nitrogen and oxygen atoms in total. The lowest BCUT2D eigenvalue weighted by atomic mass is 10.2. The summed E-state index contributed by atoms with van der Waals surface area (Å²) >= 11 is 0. The zero-order valence-electron chi connectivity index (χ0n) is 16.4. The van der Waals surface area contributed by atoms with Gasteiger partial charge >= 0.3 is 0 Å². The largest absolute Gasteiger partial charge is 0.322 e. The lowest BCUT2D eigenvalue weighted by molar-refractivity contribution is 0.102. The molecule has 158 valence electrons. The quantitative estimate of drug-likeness (QED) is 0.481. The summed E-state index contributed by atoms with van der Waals surface area (Å²) in [6, 6.07) is 15.7. The number of sulfonamides is 1. The van der Waals surface area contributed by atoms with E-state index in [0.29, 0.717) is 22.9 Å². The van der Waals surface area contributed by atoms with Crippen molar-refractivity contribution < 1.29 is 17.6 Å². The highest BCUT2D eigenvalue weighted by atomic mass is 32.2. The highest BCUT2D eigenvalue weighted by molar-refractivity contribution is 7.92. The van der Waals surface area contributed by atoms with Crippen molar-refractivity contribution in [3.63, 3.8) is 0 Å². The molecule has 2 N–H and O–H groups in total. The van der Waals surface area contributed by atoms with Crippen molar-refractivity contribution in [2.45, 2.75) is 0 Å². The van der Waals surface area contributed by atoms with Crippen LogP contribution in [0.2, 0.25) is 0 Å². The van der Waals surface area contributed by atoms with E-state index in [1.807, 2.05) is 12.1 Å². The normalized spacial score (nSPS) is 11.3. The van der Waals surface area contributed by atoms with Crippen molar-refractivity contribution in [3.05, 3.63) is 90.6 Å². The van der Waals surface area contributed by atoms with Crippen LogP contribution in [0, 0.1) is 5.82 Å². The minimum Gasteiger partial charge on any atom is -0.322 e. The summed E-state index contributed by atoms with van der Waals surface area (Å²) in [5.74, 6) is -0.341. The smallest absolute Gasteiger partial charge is 0.261 e. The van der Waals surface area contributed by atoms with Crippen LogP contribution in [0.1, 0.15) is 10.4 Å². The summed E-state index contributed by atoms with van der Waals surface area (Å²) in [6.07, 6.45) is 6.01. The molecule has 0 aliphatic heterocycles. The Morgan fingerprint density at radius 3 is 2.35 bits per heavy atom. The van der Waals surface area contributed by atoms with Crippen LogP contribution in [0.15, 0.2) is 79.3 Å². The van der Waals surface area contributed by atoms with Crippen molar-refractivity contribution >= 4 is 27.3 Å². The Labute approximate surface area is 178 Å². The number of amides is 1. The van der Waals surface area contributed by atoms with Gasteiger partial charge < -0.3 is 9.88 Å². The number of hydrogen-bond acceptors (Lipinski definition) is 4. The van der Waals surface area contributed by atoms with E-state index < -0.39 is 15.9 Å². The lowest BCUT2D eigenvalue weighted by Crippen LogP contribution is -2.16.